The first-order valence-electron chi connectivity index (χ1n) is 11.5. The third-order valence-electron chi connectivity index (χ3n) is 5.53. The lowest BCUT2D eigenvalue weighted by molar-refractivity contribution is -0.384. The van der Waals surface area contributed by atoms with E-state index in [1.54, 1.807) is 29.2 Å². The van der Waals surface area contributed by atoms with Crippen molar-refractivity contribution in [2.45, 2.75) is 31.7 Å². The second-order valence-electron chi connectivity index (χ2n) is 8.16. The first-order chi connectivity index (χ1) is 17.4. The van der Waals surface area contributed by atoms with E-state index < -0.39 is 11.0 Å². The van der Waals surface area contributed by atoms with E-state index in [0.717, 1.165) is 11.1 Å². The molecule has 0 aliphatic rings. The van der Waals surface area contributed by atoms with E-state index in [2.05, 4.69) is 5.32 Å². The number of nitrogens with one attached hydrogen (secondary N) is 1. The molecule has 0 heterocycles. The molecule has 3 aromatic rings. The van der Waals surface area contributed by atoms with E-state index in [4.69, 9.17) is 0 Å². The Labute approximate surface area is 213 Å². The lowest BCUT2D eigenvalue weighted by Gasteiger charge is -2.31. The highest BCUT2D eigenvalue weighted by Crippen LogP contribution is 2.20. The number of likely N-dealkylation sites (N-methyl/N-ethyl adjacent to an activating group) is 1. The summed E-state index contributed by atoms with van der Waals surface area (Å²) in [6, 6.07) is 20.8. The summed E-state index contributed by atoms with van der Waals surface area (Å²) in [5.41, 5.74) is 2.50. The topological polar surface area (TPSA) is 92.6 Å². The number of nitrogens with zero attached hydrogens (tertiary/aromatic N) is 2. The van der Waals surface area contributed by atoms with Crippen LogP contribution < -0.4 is 5.32 Å². The number of carbonyl (C=O) groups is 2. The van der Waals surface area contributed by atoms with Crippen LogP contribution in [0.3, 0.4) is 0 Å². The smallest absolute Gasteiger partial charge is 0.269 e. The number of halogens is 1. The van der Waals surface area contributed by atoms with Crippen LogP contribution in [0.15, 0.2) is 78.9 Å². The second-order valence-corrected chi connectivity index (χ2v) is 9.15. The van der Waals surface area contributed by atoms with Crippen LogP contribution in [0.5, 0.6) is 0 Å². The van der Waals surface area contributed by atoms with Gasteiger partial charge in [-0.1, -0.05) is 54.6 Å². The predicted molar refractivity (Wildman–Crippen MR) is 139 cm³/mol. The summed E-state index contributed by atoms with van der Waals surface area (Å²) in [5.74, 6) is -0.253. The number of hydrogen-bond donors (Lipinski definition) is 1. The normalized spacial score (nSPS) is 11.5. The van der Waals surface area contributed by atoms with Crippen LogP contribution in [0, 0.1) is 15.9 Å². The summed E-state index contributed by atoms with van der Waals surface area (Å²) >= 11 is 1.37. The van der Waals surface area contributed by atoms with E-state index in [1.807, 2.05) is 37.3 Å². The molecule has 9 heteroatoms. The molecule has 0 aliphatic heterocycles. The molecule has 0 fully saturated rings. The van der Waals surface area contributed by atoms with Gasteiger partial charge in [-0.2, -0.15) is 0 Å². The van der Waals surface area contributed by atoms with Gasteiger partial charge in [-0.25, -0.2) is 4.39 Å². The zero-order chi connectivity index (χ0) is 25.9. The molecule has 3 aromatic carbocycles. The lowest BCUT2D eigenvalue weighted by Crippen LogP contribution is -2.51. The van der Waals surface area contributed by atoms with Crippen molar-refractivity contribution in [2.24, 2.45) is 0 Å². The largest absolute Gasteiger partial charge is 0.355 e. The Morgan fingerprint density at radius 2 is 1.61 bits per heavy atom. The summed E-state index contributed by atoms with van der Waals surface area (Å²) in [5, 5.41) is 13.7. The third kappa shape index (κ3) is 7.91. The van der Waals surface area contributed by atoms with Gasteiger partial charge in [-0.15, -0.1) is 11.8 Å². The molecule has 188 valence electrons. The van der Waals surface area contributed by atoms with Crippen LogP contribution in [0.2, 0.25) is 0 Å². The van der Waals surface area contributed by atoms with Crippen LogP contribution in [0.25, 0.3) is 0 Å². The van der Waals surface area contributed by atoms with Crippen LogP contribution in [-0.2, 0) is 28.3 Å². The molecule has 0 spiro atoms. The molecule has 0 saturated carbocycles. The Morgan fingerprint density at radius 1 is 0.972 bits per heavy atom. The fourth-order valence-corrected chi connectivity index (χ4v) is 4.56. The highest BCUT2D eigenvalue weighted by Gasteiger charge is 2.30. The molecule has 2 amide bonds. The van der Waals surface area contributed by atoms with E-state index in [1.165, 1.54) is 36.0 Å². The van der Waals surface area contributed by atoms with Crippen molar-refractivity contribution in [3.8, 4) is 0 Å². The molecule has 3 rings (SSSR count). The number of benzene rings is 3. The van der Waals surface area contributed by atoms with Crippen molar-refractivity contribution in [2.75, 3.05) is 12.3 Å². The molecule has 1 atom stereocenters. The highest BCUT2D eigenvalue weighted by molar-refractivity contribution is 7.99. The molecular weight excluding hydrogens is 481 g/mol. The average molecular weight is 510 g/mol. The molecule has 0 bridgehead atoms. The average Bonchev–Trinajstić information content (AvgIpc) is 2.88. The maximum absolute atomic E-state index is 13.5. The van der Waals surface area contributed by atoms with Gasteiger partial charge in [0.15, 0.2) is 0 Å². The van der Waals surface area contributed by atoms with Crippen molar-refractivity contribution in [1.82, 2.24) is 10.2 Å². The standard InChI is InChI=1S/C27H28FN3O4S/c1-2-29-27(33)25(16-20-6-4-3-5-7-20)30(17-21-8-12-23(28)13-9-21)26(32)19-36-18-22-10-14-24(15-11-22)31(34)35/h3-15,25H,2,16-19H2,1H3,(H,29,33). The molecule has 0 aromatic heterocycles. The second kappa shape index (κ2) is 13.4. The van der Waals surface area contributed by atoms with Gasteiger partial charge >= 0.3 is 0 Å². The monoisotopic (exact) mass is 509 g/mol. The van der Waals surface area contributed by atoms with Crippen LogP contribution >= 0.6 is 11.8 Å². The van der Waals surface area contributed by atoms with Crippen molar-refractivity contribution in [1.29, 1.82) is 0 Å². The molecule has 1 unspecified atom stereocenters. The number of thioether (sulfide) groups is 1. The zero-order valence-corrected chi connectivity index (χ0v) is 20.7. The highest BCUT2D eigenvalue weighted by atomic mass is 32.2. The number of amides is 2. The number of nitro benzene ring substituents is 1. The fraction of sp³-hybridized carbons (Fsp3) is 0.259. The number of carbonyl (C=O) groups excluding carboxylic acids is 2. The van der Waals surface area contributed by atoms with Gasteiger partial charge in [0.1, 0.15) is 11.9 Å². The van der Waals surface area contributed by atoms with E-state index in [-0.39, 0.29) is 35.6 Å². The lowest BCUT2D eigenvalue weighted by atomic mass is 10.0. The van der Waals surface area contributed by atoms with E-state index in [9.17, 15) is 24.1 Å². The number of non-ortho nitro benzene ring substituents is 1. The fourth-order valence-electron chi connectivity index (χ4n) is 3.69. The summed E-state index contributed by atoms with van der Waals surface area (Å²) in [4.78, 5) is 38.5. The Morgan fingerprint density at radius 3 is 2.22 bits per heavy atom. The predicted octanol–water partition coefficient (Wildman–Crippen LogP) is 4.74. The van der Waals surface area contributed by atoms with E-state index >= 15 is 0 Å². The summed E-state index contributed by atoms with van der Waals surface area (Å²) in [6.07, 6.45) is 0.340. The first-order valence-corrected chi connectivity index (χ1v) is 12.7. The Kier molecular flexibility index (Phi) is 10.00. The van der Waals surface area contributed by atoms with Crippen molar-refractivity contribution < 1.29 is 18.9 Å². The summed E-state index contributed by atoms with van der Waals surface area (Å²) in [6.45, 7) is 2.41. The summed E-state index contributed by atoms with van der Waals surface area (Å²) in [7, 11) is 0. The number of hydrogen-bond acceptors (Lipinski definition) is 5. The number of rotatable bonds is 12. The Bertz CT molecular complexity index is 1160. The minimum absolute atomic E-state index is 0.0102. The van der Waals surface area contributed by atoms with Gasteiger partial charge in [0.25, 0.3) is 5.69 Å². The van der Waals surface area contributed by atoms with Crippen LogP contribution in [0.1, 0.15) is 23.6 Å². The Hall–Kier alpha value is -3.72. The number of nitro groups is 1. The minimum atomic E-state index is -0.745. The molecule has 0 saturated heterocycles. The quantitative estimate of drug-likeness (QED) is 0.281. The van der Waals surface area contributed by atoms with Crippen molar-refractivity contribution in [3.05, 3.63) is 111 Å². The molecule has 7 nitrogen and oxygen atoms in total. The van der Waals surface area contributed by atoms with Gasteiger partial charge in [0, 0.05) is 37.4 Å². The van der Waals surface area contributed by atoms with Gasteiger partial charge in [0.2, 0.25) is 11.8 Å². The zero-order valence-electron chi connectivity index (χ0n) is 19.9. The minimum Gasteiger partial charge on any atom is -0.355 e. The first kappa shape index (κ1) is 26.9. The maximum Gasteiger partial charge on any atom is 0.269 e. The molecule has 0 aliphatic carbocycles. The van der Waals surface area contributed by atoms with Gasteiger partial charge in [0.05, 0.1) is 10.7 Å². The molecular formula is C27H28FN3O4S. The summed E-state index contributed by atoms with van der Waals surface area (Å²) < 4.78 is 13.5. The Balaban J connectivity index is 1.79. The molecule has 0 radical (unpaired) electrons. The van der Waals surface area contributed by atoms with Crippen LogP contribution in [0.4, 0.5) is 10.1 Å². The maximum atomic E-state index is 13.5. The van der Waals surface area contributed by atoms with E-state index in [0.29, 0.717) is 24.3 Å². The van der Waals surface area contributed by atoms with Gasteiger partial charge < -0.3 is 10.2 Å². The van der Waals surface area contributed by atoms with Gasteiger partial charge in [-0.3, -0.25) is 19.7 Å². The van der Waals surface area contributed by atoms with Crippen molar-refractivity contribution in [3.63, 3.8) is 0 Å². The van der Waals surface area contributed by atoms with Gasteiger partial charge in [-0.05, 0) is 35.7 Å². The molecule has 1 N–H and O–H groups in total. The van der Waals surface area contributed by atoms with Crippen molar-refractivity contribution >= 4 is 29.3 Å². The van der Waals surface area contributed by atoms with Crippen LogP contribution in [-0.4, -0.2) is 40.0 Å². The molecule has 36 heavy (non-hydrogen) atoms. The third-order valence-corrected chi connectivity index (χ3v) is 6.52. The SMILES string of the molecule is CCNC(=O)C(Cc1ccccc1)N(Cc1ccc(F)cc1)C(=O)CSCc1ccc([N+](=O)[O-])cc1.